The summed E-state index contributed by atoms with van der Waals surface area (Å²) in [5.74, 6) is -0.190. The number of piperidine rings is 1. The fourth-order valence-electron chi connectivity index (χ4n) is 4.69. The van der Waals surface area contributed by atoms with E-state index in [4.69, 9.17) is 4.42 Å². The lowest BCUT2D eigenvalue weighted by molar-refractivity contribution is 0.0716. The summed E-state index contributed by atoms with van der Waals surface area (Å²) in [4.78, 5) is 36.6. The number of hydrogen-bond acceptors (Lipinski definition) is 5. The van der Waals surface area contributed by atoms with E-state index in [0.717, 1.165) is 24.9 Å². The Morgan fingerprint density at radius 2 is 1.47 bits per heavy atom. The summed E-state index contributed by atoms with van der Waals surface area (Å²) in [6.07, 6.45) is 4.37. The maximum atomic E-state index is 13.5. The number of anilines is 1. The molecule has 0 unspecified atom stereocenters. The van der Waals surface area contributed by atoms with Gasteiger partial charge in [0.2, 0.25) is 0 Å². The van der Waals surface area contributed by atoms with E-state index in [9.17, 15) is 14.0 Å². The van der Waals surface area contributed by atoms with Gasteiger partial charge in [0, 0.05) is 50.5 Å². The average molecular weight is 463 g/mol. The first-order valence-electron chi connectivity index (χ1n) is 11.7. The van der Waals surface area contributed by atoms with E-state index >= 15 is 0 Å². The number of benzene rings is 2. The quantitative estimate of drug-likeness (QED) is 0.585. The van der Waals surface area contributed by atoms with Gasteiger partial charge in [0.05, 0.1) is 5.56 Å². The molecule has 2 aliphatic rings. The summed E-state index contributed by atoms with van der Waals surface area (Å²) in [6.45, 7) is 3.82. The van der Waals surface area contributed by atoms with Gasteiger partial charge in [0.25, 0.3) is 11.8 Å². The average Bonchev–Trinajstić information content (AvgIpc) is 3.39. The van der Waals surface area contributed by atoms with Crippen molar-refractivity contribution in [1.29, 1.82) is 0 Å². The molecule has 0 aliphatic carbocycles. The molecule has 34 heavy (non-hydrogen) atoms. The third-order valence-electron chi connectivity index (χ3n) is 6.57. The second-order valence-electron chi connectivity index (χ2n) is 8.68. The van der Waals surface area contributed by atoms with Crippen molar-refractivity contribution < 1.29 is 18.4 Å². The largest absolute Gasteiger partial charge is 0.443 e. The molecule has 2 fully saturated rings. The molecule has 0 atom stereocenters. The van der Waals surface area contributed by atoms with Gasteiger partial charge >= 0.3 is 0 Å². The summed E-state index contributed by atoms with van der Waals surface area (Å²) in [7, 11) is 0. The summed E-state index contributed by atoms with van der Waals surface area (Å²) in [6, 6.07) is 13.6. The lowest BCUT2D eigenvalue weighted by atomic mass is 10.0. The minimum atomic E-state index is -0.264. The maximum absolute atomic E-state index is 13.5. The second-order valence-corrected chi connectivity index (χ2v) is 8.68. The number of piperazine rings is 1. The lowest BCUT2D eigenvalue weighted by Gasteiger charge is -2.36. The van der Waals surface area contributed by atoms with E-state index in [2.05, 4.69) is 9.88 Å². The van der Waals surface area contributed by atoms with Crippen molar-refractivity contribution in [3.05, 3.63) is 72.0 Å². The van der Waals surface area contributed by atoms with E-state index in [0.29, 0.717) is 56.2 Å². The molecule has 176 valence electrons. The van der Waals surface area contributed by atoms with E-state index < -0.39 is 0 Å². The molecule has 3 aromatic rings. The first-order valence-corrected chi connectivity index (χ1v) is 11.7. The van der Waals surface area contributed by atoms with Crippen LogP contribution in [0.3, 0.4) is 0 Å². The molecule has 1 aromatic heterocycles. The Morgan fingerprint density at radius 3 is 2.21 bits per heavy atom. The molecule has 3 heterocycles. The minimum absolute atomic E-state index is 0.109. The van der Waals surface area contributed by atoms with Crippen molar-refractivity contribution in [3.63, 3.8) is 0 Å². The first-order chi connectivity index (χ1) is 16.6. The van der Waals surface area contributed by atoms with Gasteiger partial charge in [0.15, 0.2) is 17.8 Å². The predicted molar refractivity (Wildman–Crippen MR) is 126 cm³/mol. The van der Waals surface area contributed by atoms with Crippen LogP contribution in [0.15, 0.2) is 59.3 Å². The fourth-order valence-corrected chi connectivity index (χ4v) is 4.69. The van der Waals surface area contributed by atoms with Gasteiger partial charge in [-0.25, -0.2) is 9.37 Å². The molecule has 2 aliphatic heterocycles. The Morgan fingerprint density at radius 1 is 0.794 bits per heavy atom. The minimum Gasteiger partial charge on any atom is -0.443 e. The van der Waals surface area contributed by atoms with Crippen molar-refractivity contribution in [2.75, 3.05) is 44.2 Å². The predicted octanol–water partition coefficient (Wildman–Crippen LogP) is 4.07. The summed E-state index contributed by atoms with van der Waals surface area (Å²) < 4.78 is 18.9. The maximum Gasteiger partial charge on any atom is 0.276 e. The number of aromatic nitrogens is 1. The van der Waals surface area contributed by atoms with Crippen LogP contribution in [0.5, 0.6) is 0 Å². The zero-order chi connectivity index (χ0) is 23.5. The molecular formula is C26H27FN4O3. The van der Waals surface area contributed by atoms with Gasteiger partial charge in [-0.2, -0.15) is 0 Å². The monoisotopic (exact) mass is 462 g/mol. The molecule has 0 spiro atoms. The molecule has 2 saturated heterocycles. The van der Waals surface area contributed by atoms with Crippen LogP contribution in [-0.4, -0.2) is 65.9 Å². The number of rotatable bonds is 4. The molecule has 0 N–H and O–H groups in total. The number of carbonyl (C=O) groups is 2. The highest BCUT2D eigenvalue weighted by molar-refractivity contribution is 6.04. The van der Waals surface area contributed by atoms with Crippen LogP contribution in [0.4, 0.5) is 10.1 Å². The van der Waals surface area contributed by atoms with Crippen molar-refractivity contribution in [1.82, 2.24) is 14.8 Å². The van der Waals surface area contributed by atoms with Crippen molar-refractivity contribution in [2.45, 2.75) is 19.3 Å². The number of oxazole rings is 1. The zero-order valence-electron chi connectivity index (χ0n) is 19.0. The van der Waals surface area contributed by atoms with Gasteiger partial charge in [-0.1, -0.05) is 18.2 Å². The number of likely N-dealkylation sites (tertiary alicyclic amines) is 1. The molecule has 0 radical (unpaired) electrons. The third-order valence-corrected chi connectivity index (χ3v) is 6.57. The molecular weight excluding hydrogens is 435 g/mol. The molecule has 7 nitrogen and oxygen atoms in total. The lowest BCUT2D eigenvalue weighted by Crippen LogP contribution is -2.48. The Labute approximate surface area is 197 Å². The van der Waals surface area contributed by atoms with Gasteiger partial charge in [-0.15, -0.1) is 0 Å². The van der Waals surface area contributed by atoms with Crippen molar-refractivity contribution in [2.24, 2.45) is 0 Å². The number of hydrogen-bond donors (Lipinski definition) is 0. The number of carbonyl (C=O) groups excluding carboxylic acids is 2. The van der Waals surface area contributed by atoms with Crippen molar-refractivity contribution >= 4 is 17.5 Å². The van der Waals surface area contributed by atoms with Crippen LogP contribution >= 0.6 is 0 Å². The van der Waals surface area contributed by atoms with Gasteiger partial charge < -0.3 is 19.1 Å². The van der Waals surface area contributed by atoms with Crippen LogP contribution < -0.4 is 4.90 Å². The summed E-state index contributed by atoms with van der Waals surface area (Å²) in [5, 5.41) is 0. The Kier molecular flexibility index (Phi) is 6.29. The van der Waals surface area contributed by atoms with E-state index in [1.807, 2.05) is 17.0 Å². The van der Waals surface area contributed by atoms with Crippen LogP contribution in [0, 0.1) is 5.82 Å². The van der Waals surface area contributed by atoms with Gasteiger partial charge in [-0.3, -0.25) is 9.59 Å². The van der Waals surface area contributed by atoms with Crippen LogP contribution in [0.2, 0.25) is 0 Å². The van der Waals surface area contributed by atoms with Gasteiger partial charge in [-0.05, 0) is 49.6 Å². The molecule has 0 saturated carbocycles. The Balaban J connectivity index is 1.34. The summed E-state index contributed by atoms with van der Waals surface area (Å²) in [5.41, 5.74) is 2.26. The van der Waals surface area contributed by atoms with E-state index in [-0.39, 0.29) is 23.3 Å². The highest BCUT2D eigenvalue weighted by Crippen LogP contribution is 2.29. The summed E-state index contributed by atoms with van der Waals surface area (Å²) >= 11 is 0. The molecule has 2 amide bonds. The second kappa shape index (κ2) is 9.67. The molecule has 8 heteroatoms. The Hall–Kier alpha value is -3.68. The zero-order valence-corrected chi connectivity index (χ0v) is 19.0. The van der Waals surface area contributed by atoms with Crippen molar-refractivity contribution in [3.8, 4) is 11.3 Å². The molecule has 5 rings (SSSR count). The van der Waals surface area contributed by atoms with Gasteiger partial charge in [0.1, 0.15) is 5.82 Å². The number of amides is 2. The third kappa shape index (κ3) is 4.40. The number of halogens is 1. The van der Waals surface area contributed by atoms with E-state index in [1.165, 1.54) is 18.5 Å². The smallest absolute Gasteiger partial charge is 0.276 e. The van der Waals surface area contributed by atoms with Crippen LogP contribution in [0.25, 0.3) is 11.3 Å². The topological polar surface area (TPSA) is 69.9 Å². The number of nitrogens with zero attached hydrogens (tertiary/aromatic N) is 4. The highest BCUT2D eigenvalue weighted by atomic mass is 19.1. The van der Waals surface area contributed by atoms with Crippen LogP contribution in [-0.2, 0) is 0 Å². The molecule has 0 bridgehead atoms. The normalized spacial score (nSPS) is 16.6. The fraction of sp³-hybridized carbons (Fsp3) is 0.346. The molecule has 2 aromatic carbocycles. The Bertz CT molecular complexity index is 1160. The first kappa shape index (κ1) is 22.1. The van der Waals surface area contributed by atoms with Crippen LogP contribution in [0.1, 0.15) is 40.1 Å². The van der Waals surface area contributed by atoms with E-state index in [1.54, 1.807) is 29.2 Å². The SMILES string of the molecule is O=C(c1ccccc1-c1ocnc1C(=O)N1CCCCC1)N1CCN(c2ccc(F)cc2)CC1. The standard InChI is InChI=1S/C26H27FN4O3/c27-19-8-10-20(11-9-19)29-14-16-31(17-15-29)25(32)22-7-3-2-6-21(22)24-23(28-18-34-24)26(33)30-12-4-1-5-13-30/h2-3,6-11,18H,1,4-5,12-17H2. The highest BCUT2D eigenvalue weighted by Gasteiger charge is 2.29.